The lowest BCUT2D eigenvalue weighted by atomic mass is 9.53. The normalized spacial score (nSPS) is 45.4. The topological polar surface area (TPSA) is 149 Å². The van der Waals surface area contributed by atoms with Crippen LogP contribution >= 0.6 is 0 Å². The molecule has 0 radical (unpaired) electrons. The molecule has 178 valence electrons. The number of phenols is 1. The minimum Gasteiger partial charge on any atom is -0.504 e. The second-order valence-electron chi connectivity index (χ2n) is 9.78. The van der Waals surface area contributed by atoms with E-state index in [-0.39, 0.29) is 17.7 Å². The smallest absolute Gasteiger partial charge is 0.335 e. The molecule has 2 fully saturated rings. The van der Waals surface area contributed by atoms with Crippen LogP contribution in [0.3, 0.4) is 0 Å². The highest BCUT2D eigenvalue weighted by Gasteiger charge is 2.65. The van der Waals surface area contributed by atoms with Gasteiger partial charge in [0.05, 0.1) is 0 Å². The largest absolute Gasteiger partial charge is 0.504 e. The lowest BCUT2D eigenvalue weighted by molar-refractivity contribution is -0.307. The van der Waals surface area contributed by atoms with Crippen LogP contribution in [0.2, 0.25) is 0 Å². The van der Waals surface area contributed by atoms with Gasteiger partial charge in [-0.2, -0.15) is 0 Å². The molecule has 5 aliphatic rings. The Morgan fingerprint density at radius 2 is 1.97 bits per heavy atom. The number of rotatable bonds is 3. The van der Waals surface area contributed by atoms with Crippen molar-refractivity contribution in [1.29, 1.82) is 0 Å². The highest BCUT2D eigenvalue weighted by atomic mass is 16.7. The number of carboxylic acids is 1. The van der Waals surface area contributed by atoms with E-state index >= 15 is 0 Å². The van der Waals surface area contributed by atoms with E-state index in [1.54, 1.807) is 6.07 Å². The molecule has 10 heteroatoms. The van der Waals surface area contributed by atoms with Crippen LogP contribution in [-0.2, 0) is 26.1 Å². The van der Waals surface area contributed by atoms with Gasteiger partial charge in [0.15, 0.2) is 23.9 Å². The maximum Gasteiger partial charge on any atom is 0.335 e. The van der Waals surface area contributed by atoms with E-state index in [1.165, 1.54) is 0 Å². The number of aliphatic hydroxyl groups excluding tert-OH is 3. The number of piperidine rings is 1. The molecule has 1 aromatic carbocycles. The average molecular weight is 461 g/mol. The van der Waals surface area contributed by atoms with Crippen molar-refractivity contribution in [3.63, 3.8) is 0 Å². The van der Waals surface area contributed by atoms with Crippen LogP contribution in [0.25, 0.3) is 0 Å². The molecule has 0 amide bonds. The van der Waals surface area contributed by atoms with Crippen molar-refractivity contribution in [3.8, 4) is 11.5 Å². The third-order valence-corrected chi connectivity index (χ3v) is 8.23. The molecule has 6 rings (SSSR count). The monoisotopic (exact) mass is 461 g/mol. The number of hydrogen-bond donors (Lipinski definition) is 5. The molecular formula is C23H27NO9. The first-order valence-corrected chi connectivity index (χ1v) is 11.2. The molecule has 1 aromatic rings. The van der Waals surface area contributed by atoms with Crippen molar-refractivity contribution in [2.24, 2.45) is 5.92 Å². The van der Waals surface area contributed by atoms with Crippen molar-refractivity contribution in [1.82, 2.24) is 4.90 Å². The summed E-state index contributed by atoms with van der Waals surface area (Å²) in [6.45, 7) is 0.838. The van der Waals surface area contributed by atoms with Gasteiger partial charge >= 0.3 is 5.97 Å². The quantitative estimate of drug-likeness (QED) is 0.359. The fourth-order valence-electron chi connectivity index (χ4n) is 6.66. The van der Waals surface area contributed by atoms with Gasteiger partial charge in [-0.25, -0.2) is 4.79 Å². The summed E-state index contributed by atoms with van der Waals surface area (Å²) in [7, 11) is 2.11. The zero-order valence-corrected chi connectivity index (χ0v) is 17.9. The summed E-state index contributed by atoms with van der Waals surface area (Å²) in [4.78, 5) is 13.8. The average Bonchev–Trinajstić information content (AvgIpc) is 3.14. The molecule has 10 atom stereocenters. The van der Waals surface area contributed by atoms with Gasteiger partial charge in [-0.3, -0.25) is 0 Å². The summed E-state index contributed by atoms with van der Waals surface area (Å²) in [5, 5.41) is 50.5. The molecule has 3 aliphatic heterocycles. The standard InChI is InChI=1S/C23H27NO9/c1-24-7-6-23-10-3-5-13(31-22-17(28)15(26)16(27)19(33-22)21(29)30)20(23)32-18-12(25)4-2-9(14(18)23)8-11(10)24/h2-5,10-11,13,15-17,19-20,22,25-28H,6-8H2,1H3,(H,29,30)/t10-,11+,13-,15?,16-,17?,19?,20-,22+,23?/m0/s1. The maximum atomic E-state index is 11.5. The Kier molecular flexibility index (Phi) is 4.62. The van der Waals surface area contributed by atoms with Crippen LogP contribution < -0.4 is 4.74 Å². The SMILES string of the molecule is CN1CCC23c4c5ccc(O)c4O[C@H]2[C@@H](O[C@@H]2OC(C(=O)O)[C@@H](O)C(O)C2O)C=C[C@H]3[C@H]1C5. The number of aromatic hydroxyl groups is 1. The van der Waals surface area contributed by atoms with E-state index in [1.807, 2.05) is 12.1 Å². The summed E-state index contributed by atoms with van der Waals surface area (Å²) in [5.74, 6) is -0.824. The highest BCUT2D eigenvalue weighted by Crippen LogP contribution is 2.62. The molecule has 1 spiro atoms. The molecule has 2 bridgehead atoms. The molecular weight excluding hydrogens is 434 g/mol. The molecule has 33 heavy (non-hydrogen) atoms. The zero-order valence-electron chi connectivity index (χ0n) is 17.9. The highest BCUT2D eigenvalue weighted by molar-refractivity contribution is 5.73. The predicted molar refractivity (Wildman–Crippen MR) is 111 cm³/mol. The predicted octanol–water partition coefficient (Wildman–Crippen LogP) is -0.885. The Morgan fingerprint density at radius 3 is 2.73 bits per heavy atom. The van der Waals surface area contributed by atoms with Crippen molar-refractivity contribution in [3.05, 3.63) is 35.4 Å². The summed E-state index contributed by atoms with van der Waals surface area (Å²) in [5.41, 5.74) is 1.69. The number of nitrogens with zero attached hydrogens (tertiary/aromatic N) is 1. The van der Waals surface area contributed by atoms with Crippen molar-refractivity contribution in [2.45, 2.75) is 67.2 Å². The molecule has 3 heterocycles. The fraction of sp³-hybridized carbons (Fsp3) is 0.609. The molecule has 2 aliphatic carbocycles. The van der Waals surface area contributed by atoms with E-state index in [0.29, 0.717) is 5.75 Å². The van der Waals surface area contributed by atoms with Crippen LogP contribution in [0.4, 0.5) is 0 Å². The lowest BCUT2D eigenvalue weighted by Crippen LogP contribution is -2.66. The molecule has 4 unspecified atom stereocenters. The zero-order chi connectivity index (χ0) is 23.2. The Morgan fingerprint density at radius 1 is 1.18 bits per heavy atom. The third kappa shape index (κ3) is 2.73. The van der Waals surface area contributed by atoms with Crippen LogP contribution in [0, 0.1) is 5.92 Å². The maximum absolute atomic E-state index is 11.5. The first-order chi connectivity index (χ1) is 15.7. The molecule has 5 N–H and O–H groups in total. The van der Waals surface area contributed by atoms with Gasteiger partial charge in [0.25, 0.3) is 0 Å². The Bertz CT molecular complexity index is 1030. The van der Waals surface area contributed by atoms with Gasteiger partial charge in [0.1, 0.15) is 30.5 Å². The lowest BCUT2D eigenvalue weighted by Gasteiger charge is -2.57. The van der Waals surface area contributed by atoms with Gasteiger partial charge in [-0.05, 0) is 38.1 Å². The number of carbonyl (C=O) groups is 1. The van der Waals surface area contributed by atoms with E-state index < -0.39 is 54.3 Å². The summed E-state index contributed by atoms with van der Waals surface area (Å²) in [6.07, 6.45) is -4.16. The van der Waals surface area contributed by atoms with Gasteiger partial charge in [-0.1, -0.05) is 18.2 Å². The van der Waals surface area contributed by atoms with Gasteiger partial charge in [0, 0.05) is 22.9 Å². The Balaban J connectivity index is 1.38. The third-order valence-electron chi connectivity index (χ3n) is 8.23. The van der Waals surface area contributed by atoms with Crippen LogP contribution in [0.15, 0.2) is 24.3 Å². The van der Waals surface area contributed by atoms with Crippen molar-refractivity contribution < 1.29 is 44.5 Å². The number of hydrogen-bond acceptors (Lipinski definition) is 9. The number of carboxylic acid groups (broad SMARTS) is 1. The number of likely N-dealkylation sites (tertiary alicyclic amines) is 1. The van der Waals surface area contributed by atoms with Crippen molar-refractivity contribution in [2.75, 3.05) is 13.6 Å². The van der Waals surface area contributed by atoms with E-state index in [0.717, 1.165) is 30.5 Å². The minimum absolute atomic E-state index is 0.0610. The van der Waals surface area contributed by atoms with E-state index in [4.69, 9.17) is 14.2 Å². The number of phenolic OH excluding ortho intramolecular Hbond substituents is 1. The van der Waals surface area contributed by atoms with Crippen LogP contribution in [0.1, 0.15) is 17.5 Å². The summed E-state index contributed by atoms with van der Waals surface area (Å²) in [6, 6.07) is 3.85. The van der Waals surface area contributed by atoms with Gasteiger partial charge in [-0.15, -0.1) is 0 Å². The van der Waals surface area contributed by atoms with Gasteiger partial charge in [0.2, 0.25) is 0 Å². The van der Waals surface area contributed by atoms with Crippen LogP contribution in [-0.4, -0.2) is 98.9 Å². The number of aliphatic hydroxyl groups is 3. The first-order valence-electron chi connectivity index (χ1n) is 11.2. The summed E-state index contributed by atoms with van der Waals surface area (Å²) < 4.78 is 17.7. The van der Waals surface area contributed by atoms with E-state index in [9.17, 15) is 30.3 Å². The number of ether oxygens (including phenoxy) is 3. The second kappa shape index (κ2) is 7.14. The fourth-order valence-corrected chi connectivity index (χ4v) is 6.66. The number of benzene rings is 1. The van der Waals surface area contributed by atoms with Crippen LogP contribution in [0.5, 0.6) is 11.5 Å². The second-order valence-corrected chi connectivity index (χ2v) is 9.78. The minimum atomic E-state index is -1.79. The molecule has 2 saturated heterocycles. The first kappa shape index (κ1) is 21.3. The summed E-state index contributed by atoms with van der Waals surface area (Å²) >= 11 is 0. The molecule has 0 aromatic heterocycles. The molecule has 10 nitrogen and oxygen atoms in total. The number of likely N-dealkylation sites (N-methyl/N-ethyl adjacent to an activating group) is 1. The van der Waals surface area contributed by atoms with Crippen molar-refractivity contribution >= 4 is 5.97 Å². The van der Waals surface area contributed by atoms with E-state index in [2.05, 4.69) is 18.0 Å². The van der Waals surface area contributed by atoms with Gasteiger partial charge < -0.3 is 44.6 Å². The number of aliphatic carboxylic acids is 1. The Labute approximate surface area is 189 Å². The Hall–Kier alpha value is -2.21. The molecule has 0 saturated carbocycles.